The molecule has 7 nitrogen and oxygen atoms in total. The number of aliphatic hydroxyl groups is 4. The van der Waals surface area contributed by atoms with Crippen LogP contribution in [0, 0.1) is 0 Å². The molecule has 5 atom stereocenters. The van der Waals surface area contributed by atoms with E-state index in [1.165, 1.54) is 0 Å². The highest BCUT2D eigenvalue weighted by Gasteiger charge is 2.40. The van der Waals surface area contributed by atoms with Crippen LogP contribution < -0.4 is 9.47 Å². The largest absolute Gasteiger partial charge is 0.494 e. The van der Waals surface area contributed by atoms with Crippen molar-refractivity contribution in [3.05, 3.63) is 57.6 Å². The average molecular weight is 465 g/mol. The lowest BCUT2D eigenvalue weighted by Crippen LogP contribution is -2.44. The molecule has 8 heteroatoms. The van der Waals surface area contributed by atoms with Crippen molar-refractivity contribution in [3.8, 4) is 11.5 Å². The van der Waals surface area contributed by atoms with Crippen LogP contribution in [0.3, 0.4) is 0 Å². The fraction of sp³-hybridized carbons (Fsp3) is 0.500. The van der Waals surface area contributed by atoms with Crippen LogP contribution in [-0.2, 0) is 17.6 Å². The number of hydrogen-bond donors (Lipinski definition) is 4. The van der Waals surface area contributed by atoms with Gasteiger partial charge in [0.15, 0.2) is 0 Å². The molecule has 1 fully saturated rings. The Bertz CT molecular complexity index is 933. The summed E-state index contributed by atoms with van der Waals surface area (Å²) < 4.78 is 17.3. The Morgan fingerprint density at radius 2 is 1.88 bits per heavy atom. The molecule has 2 aromatic carbocycles. The maximum Gasteiger partial charge on any atom is 0.129 e. The van der Waals surface area contributed by atoms with Crippen molar-refractivity contribution in [2.45, 2.75) is 56.7 Å². The minimum absolute atomic E-state index is 0.0503. The van der Waals surface area contributed by atoms with Crippen LogP contribution in [0.5, 0.6) is 11.5 Å². The number of halogens is 1. The smallest absolute Gasteiger partial charge is 0.129 e. The minimum Gasteiger partial charge on any atom is -0.494 e. The second-order valence-electron chi connectivity index (χ2n) is 8.23. The van der Waals surface area contributed by atoms with Crippen molar-refractivity contribution in [2.24, 2.45) is 0 Å². The molecular weight excluding hydrogens is 436 g/mol. The van der Waals surface area contributed by atoms with E-state index in [1.54, 1.807) is 0 Å². The first-order valence-electron chi connectivity index (χ1n) is 10.9. The molecule has 4 rings (SSSR count). The van der Waals surface area contributed by atoms with Gasteiger partial charge in [0.25, 0.3) is 0 Å². The third-order valence-corrected chi connectivity index (χ3v) is 6.56. The summed E-state index contributed by atoms with van der Waals surface area (Å²) in [6, 6.07) is 9.72. The number of aliphatic hydroxyl groups excluding tert-OH is 4. The highest BCUT2D eigenvalue weighted by molar-refractivity contribution is 6.32. The fourth-order valence-corrected chi connectivity index (χ4v) is 4.70. The van der Waals surface area contributed by atoms with E-state index in [2.05, 4.69) is 0 Å². The second kappa shape index (κ2) is 9.95. The lowest BCUT2D eigenvalue weighted by atomic mass is 9.93. The molecule has 1 saturated heterocycles. The lowest BCUT2D eigenvalue weighted by Gasteiger charge is -2.25. The predicted octanol–water partition coefficient (Wildman–Crippen LogP) is 2.17. The zero-order chi connectivity index (χ0) is 22.8. The molecular formula is C24H29ClO7. The van der Waals surface area contributed by atoms with E-state index in [9.17, 15) is 20.4 Å². The summed E-state index contributed by atoms with van der Waals surface area (Å²) in [5.41, 5.74) is 3.52. The zero-order valence-electron chi connectivity index (χ0n) is 17.9. The van der Waals surface area contributed by atoms with Crippen LogP contribution in [0.1, 0.15) is 41.7 Å². The van der Waals surface area contributed by atoms with Gasteiger partial charge in [-0.25, -0.2) is 0 Å². The Labute approximate surface area is 192 Å². The van der Waals surface area contributed by atoms with E-state index >= 15 is 0 Å². The summed E-state index contributed by atoms with van der Waals surface area (Å²) in [5.74, 6) is 1.42. The van der Waals surface area contributed by atoms with Gasteiger partial charge in [0.2, 0.25) is 0 Å². The highest BCUT2D eigenvalue weighted by Crippen LogP contribution is 2.44. The molecule has 0 bridgehead atoms. The van der Waals surface area contributed by atoms with Crippen LogP contribution in [0.25, 0.3) is 0 Å². The Hall–Kier alpha value is -1.87. The van der Waals surface area contributed by atoms with Crippen molar-refractivity contribution >= 4 is 11.6 Å². The third-order valence-electron chi connectivity index (χ3n) is 6.09. The maximum absolute atomic E-state index is 10.4. The molecule has 2 aliphatic rings. The van der Waals surface area contributed by atoms with Crippen molar-refractivity contribution in [1.29, 1.82) is 0 Å². The maximum atomic E-state index is 10.4. The van der Waals surface area contributed by atoms with Gasteiger partial charge in [-0.15, -0.1) is 0 Å². The van der Waals surface area contributed by atoms with Gasteiger partial charge in [-0.2, -0.15) is 0 Å². The minimum atomic E-state index is -1.42. The van der Waals surface area contributed by atoms with E-state index in [0.29, 0.717) is 42.4 Å². The molecule has 174 valence electrons. The molecule has 0 spiro atoms. The molecule has 5 unspecified atom stereocenters. The Balaban J connectivity index is 1.69. The van der Waals surface area contributed by atoms with E-state index in [4.69, 9.17) is 25.8 Å². The number of rotatable bonds is 6. The van der Waals surface area contributed by atoms with E-state index < -0.39 is 37.1 Å². The lowest BCUT2D eigenvalue weighted by molar-refractivity contribution is -0.119. The van der Waals surface area contributed by atoms with E-state index in [-0.39, 0.29) is 6.42 Å². The van der Waals surface area contributed by atoms with E-state index in [0.717, 1.165) is 22.4 Å². The summed E-state index contributed by atoms with van der Waals surface area (Å²) in [5, 5.41) is 41.1. The Kier molecular flexibility index (Phi) is 7.24. The molecule has 2 aliphatic heterocycles. The molecule has 2 aromatic rings. The molecule has 4 N–H and O–H groups in total. The van der Waals surface area contributed by atoms with Crippen molar-refractivity contribution in [1.82, 2.24) is 0 Å². The summed E-state index contributed by atoms with van der Waals surface area (Å²) in [4.78, 5) is 0. The molecule has 0 radical (unpaired) electrons. The highest BCUT2D eigenvalue weighted by atomic mass is 35.5. The summed E-state index contributed by atoms with van der Waals surface area (Å²) in [6.07, 6.45) is -4.46. The van der Waals surface area contributed by atoms with Crippen molar-refractivity contribution in [2.75, 3.05) is 19.8 Å². The van der Waals surface area contributed by atoms with Crippen LogP contribution in [0.4, 0.5) is 0 Å². The second-order valence-corrected chi connectivity index (χ2v) is 8.61. The van der Waals surface area contributed by atoms with E-state index in [1.807, 2.05) is 37.3 Å². The monoisotopic (exact) mass is 464 g/mol. The molecule has 0 aliphatic carbocycles. The summed E-state index contributed by atoms with van der Waals surface area (Å²) >= 11 is 6.74. The standard InChI is InChI=1S/C24H29ClO7/c1-2-30-15-5-3-13(4-6-15)9-14-10-17(24-16(21(14)25)7-8-31-24)19-11-18(27)22(28)23(29)20(12-26)32-19/h3-6,10,18-20,22-23,26-29H,2,7-9,11-12H2,1H3. The number of ether oxygens (including phenoxy) is 3. The summed E-state index contributed by atoms with van der Waals surface area (Å²) in [7, 11) is 0. The van der Waals surface area contributed by atoms with Crippen LogP contribution >= 0.6 is 11.6 Å². The molecule has 0 saturated carbocycles. The fourth-order valence-electron chi connectivity index (χ4n) is 4.40. The number of hydrogen-bond acceptors (Lipinski definition) is 7. The van der Waals surface area contributed by atoms with Crippen LogP contribution in [0.2, 0.25) is 5.02 Å². The Morgan fingerprint density at radius 3 is 2.56 bits per heavy atom. The van der Waals surface area contributed by atoms with Crippen molar-refractivity contribution in [3.63, 3.8) is 0 Å². The first-order valence-corrected chi connectivity index (χ1v) is 11.3. The summed E-state index contributed by atoms with van der Waals surface area (Å²) in [6.45, 7) is 2.54. The average Bonchev–Trinajstić information content (AvgIpc) is 3.25. The van der Waals surface area contributed by atoms with Gasteiger partial charge in [-0.1, -0.05) is 23.7 Å². The Morgan fingerprint density at radius 1 is 1.12 bits per heavy atom. The quantitative estimate of drug-likeness (QED) is 0.518. The van der Waals surface area contributed by atoms with Crippen molar-refractivity contribution < 1.29 is 34.6 Å². The SMILES string of the molecule is CCOc1ccc(Cc2cc(C3CC(O)C(O)C(O)C(CO)O3)c3c(c2Cl)CCO3)cc1. The van der Waals surface area contributed by atoms with Gasteiger partial charge in [-0.05, 0) is 42.7 Å². The zero-order valence-corrected chi connectivity index (χ0v) is 18.7. The van der Waals surface area contributed by atoms with Gasteiger partial charge in [0.1, 0.15) is 29.8 Å². The topological polar surface area (TPSA) is 109 Å². The number of fused-ring (bicyclic) bond motifs is 1. The third kappa shape index (κ3) is 4.59. The van der Waals surface area contributed by atoms with Crippen LogP contribution in [0.15, 0.2) is 30.3 Å². The number of benzene rings is 2. The van der Waals surface area contributed by atoms with Gasteiger partial charge in [0, 0.05) is 24.0 Å². The molecule has 0 amide bonds. The van der Waals surface area contributed by atoms with Gasteiger partial charge < -0.3 is 34.6 Å². The van der Waals surface area contributed by atoms with Gasteiger partial charge in [-0.3, -0.25) is 0 Å². The predicted molar refractivity (Wildman–Crippen MR) is 118 cm³/mol. The van der Waals surface area contributed by atoms with Crippen LogP contribution in [-0.4, -0.2) is 64.7 Å². The van der Waals surface area contributed by atoms with Gasteiger partial charge in [0.05, 0.1) is 37.1 Å². The first kappa shape index (κ1) is 23.3. The van der Waals surface area contributed by atoms with Gasteiger partial charge >= 0.3 is 0 Å². The normalized spacial score (nSPS) is 27.5. The molecule has 0 aromatic heterocycles. The molecule has 32 heavy (non-hydrogen) atoms. The first-order chi connectivity index (χ1) is 15.4. The molecule has 2 heterocycles.